The van der Waals surface area contributed by atoms with Crippen LogP contribution < -0.4 is 10.2 Å². The molecule has 0 amide bonds. The molecule has 0 aliphatic heterocycles. The van der Waals surface area contributed by atoms with Gasteiger partial charge in [0.2, 0.25) is 0 Å². The number of quaternary nitrogens is 1. The third kappa shape index (κ3) is 8.24. The molecule has 0 heterocycles. The zero-order valence-corrected chi connectivity index (χ0v) is 20.6. The van der Waals surface area contributed by atoms with E-state index < -0.39 is 0 Å². The van der Waals surface area contributed by atoms with Crippen LogP contribution >= 0.6 is 11.8 Å². The second kappa shape index (κ2) is 14.4. The molecule has 0 spiro atoms. The van der Waals surface area contributed by atoms with Crippen molar-refractivity contribution in [2.75, 3.05) is 44.0 Å². The standard InChI is InChI=1S/C27H34N2O3S/c1-5-9-22(14-15-28-16-18-30)21(3)20-23-12-13-26(25-11-8-7-10-24(23)25)29(4)17-19-33-27(31)32-6-2/h5,7-15,20,28,30H,1,6,16-19H2,2-4H3/p+1/b15-14-,21-20+,22-9+. The minimum absolute atomic E-state index is 0.147. The number of hydrogen-bond acceptors (Lipinski definition) is 5. The van der Waals surface area contributed by atoms with Gasteiger partial charge in [0, 0.05) is 30.4 Å². The van der Waals surface area contributed by atoms with E-state index in [0.29, 0.717) is 18.9 Å². The van der Waals surface area contributed by atoms with Crippen LogP contribution in [-0.4, -0.2) is 49.5 Å². The van der Waals surface area contributed by atoms with Gasteiger partial charge in [0.25, 0.3) is 0 Å². The molecule has 0 saturated carbocycles. The molecule has 5 nitrogen and oxygen atoms in total. The van der Waals surface area contributed by atoms with Crippen molar-refractivity contribution in [1.29, 1.82) is 0 Å². The number of carbonyl (C=O) groups excluding carboxylic acids is 1. The van der Waals surface area contributed by atoms with E-state index >= 15 is 0 Å². The van der Waals surface area contributed by atoms with Crippen LogP contribution in [0.1, 0.15) is 19.4 Å². The Morgan fingerprint density at radius 1 is 1.24 bits per heavy atom. The average Bonchev–Trinajstić information content (AvgIpc) is 2.81. The molecule has 0 atom stereocenters. The van der Waals surface area contributed by atoms with Gasteiger partial charge in [0.1, 0.15) is 6.54 Å². The molecule has 0 aliphatic carbocycles. The predicted octanol–water partition coefficient (Wildman–Crippen LogP) is 4.75. The van der Waals surface area contributed by atoms with Crippen LogP contribution in [0.15, 0.2) is 78.6 Å². The number of anilines is 1. The molecule has 0 bridgehead atoms. The van der Waals surface area contributed by atoms with Crippen molar-refractivity contribution in [3.63, 3.8) is 0 Å². The Balaban J connectivity index is 2.28. The van der Waals surface area contributed by atoms with Gasteiger partial charge in [-0.05, 0) is 59.8 Å². The molecule has 3 N–H and O–H groups in total. The molecule has 0 fully saturated rings. The fourth-order valence-corrected chi connectivity index (χ4v) is 4.15. The molecular formula is C27H35N2O3S+. The molecule has 2 aromatic rings. The molecule has 2 rings (SSSR count). The lowest BCUT2D eigenvalue weighted by atomic mass is 9.98. The maximum Gasteiger partial charge on any atom is 0.367 e. The number of hydrogen-bond donors (Lipinski definition) is 2. The van der Waals surface area contributed by atoms with Gasteiger partial charge in [-0.2, -0.15) is 0 Å². The highest BCUT2D eigenvalue weighted by atomic mass is 32.2. The van der Waals surface area contributed by atoms with Gasteiger partial charge in [0.05, 0.1) is 19.4 Å². The topological polar surface area (TPSA) is 66.4 Å². The third-order valence-corrected chi connectivity index (χ3v) is 5.83. The van der Waals surface area contributed by atoms with E-state index in [2.05, 4.69) is 60.9 Å². The van der Waals surface area contributed by atoms with E-state index in [1.54, 1.807) is 6.08 Å². The zero-order chi connectivity index (χ0) is 24.1. The van der Waals surface area contributed by atoms with Gasteiger partial charge in [-0.25, -0.2) is 4.79 Å². The molecule has 176 valence electrons. The summed E-state index contributed by atoms with van der Waals surface area (Å²) in [5.41, 5.74) is 4.47. The van der Waals surface area contributed by atoms with Crippen molar-refractivity contribution >= 4 is 39.6 Å². The van der Waals surface area contributed by atoms with Crippen LogP contribution in [0.5, 0.6) is 0 Å². The van der Waals surface area contributed by atoms with Crippen LogP contribution in [-0.2, 0) is 4.74 Å². The summed E-state index contributed by atoms with van der Waals surface area (Å²) in [6.45, 7) is 9.67. The summed E-state index contributed by atoms with van der Waals surface area (Å²) in [6, 6.07) is 12.7. The van der Waals surface area contributed by atoms with Gasteiger partial charge < -0.3 is 20.1 Å². The number of thioether (sulfide) groups is 1. The number of ether oxygens (including phenoxy) is 1. The van der Waals surface area contributed by atoms with Crippen molar-refractivity contribution in [3.8, 4) is 0 Å². The van der Waals surface area contributed by atoms with Crippen molar-refractivity contribution < 1.29 is 20.0 Å². The van der Waals surface area contributed by atoms with E-state index in [9.17, 15) is 4.79 Å². The van der Waals surface area contributed by atoms with Crippen molar-refractivity contribution in [1.82, 2.24) is 0 Å². The van der Waals surface area contributed by atoms with Crippen LogP contribution in [0.2, 0.25) is 0 Å². The Morgan fingerprint density at radius 3 is 2.70 bits per heavy atom. The summed E-state index contributed by atoms with van der Waals surface area (Å²) in [4.78, 5) is 13.8. The van der Waals surface area contributed by atoms with E-state index in [1.165, 1.54) is 22.5 Å². The van der Waals surface area contributed by atoms with E-state index in [1.807, 2.05) is 37.6 Å². The number of rotatable bonds is 12. The minimum Gasteiger partial charge on any atom is -0.458 e. The van der Waals surface area contributed by atoms with E-state index in [4.69, 9.17) is 9.84 Å². The molecule has 0 aromatic heterocycles. The Kier molecular flexibility index (Phi) is 11.5. The summed E-state index contributed by atoms with van der Waals surface area (Å²) in [5.74, 6) is 0.666. The summed E-state index contributed by atoms with van der Waals surface area (Å²) < 4.78 is 5.00. The van der Waals surface area contributed by atoms with Crippen LogP contribution in [0, 0.1) is 0 Å². The number of benzene rings is 2. The van der Waals surface area contributed by atoms with Crippen LogP contribution in [0.25, 0.3) is 16.8 Å². The maximum atomic E-state index is 11.6. The summed E-state index contributed by atoms with van der Waals surface area (Å²) >= 11 is 1.21. The summed E-state index contributed by atoms with van der Waals surface area (Å²) in [6.07, 6.45) is 9.96. The highest BCUT2D eigenvalue weighted by molar-refractivity contribution is 8.13. The predicted molar refractivity (Wildman–Crippen MR) is 142 cm³/mol. The molecule has 6 heteroatoms. The first kappa shape index (κ1) is 26.5. The monoisotopic (exact) mass is 467 g/mol. The Labute approximate surface area is 201 Å². The fraction of sp³-hybridized carbons (Fsp3) is 0.296. The lowest BCUT2D eigenvalue weighted by Gasteiger charge is -2.22. The van der Waals surface area contributed by atoms with Crippen molar-refractivity contribution in [2.45, 2.75) is 13.8 Å². The van der Waals surface area contributed by atoms with Crippen molar-refractivity contribution in [3.05, 3.63) is 84.1 Å². The molecular weight excluding hydrogens is 432 g/mol. The summed E-state index contributed by atoms with van der Waals surface area (Å²) in [7, 11) is 2.05. The normalized spacial score (nSPS) is 12.4. The fourth-order valence-electron chi connectivity index (χ4n) is 3.42. The van der Waals surface area contributed by atoms with E-state index in [-0.39, 0.29) is 11.9 Å². The van der Waals surface area contributed by atoms with E-state index in [0.717, 1.165) is 28.9 Å². The van der Waals surface area contributed by atoms with Crippen LogP contribution in [0.4, 0.5) is 10.5 Å². The first-order valence-corrected chi connectivity index (χ1v) is 12.1. The number of allylic oxidation sites excluding steroid dienone is 5. The molecule has 0 unspecified atom stereocenters. The molecule has 0 aliphatic rings. The molecule has 33 heavy (non-hydrogen) atoms. The number of fused-ring (bicyclic) bond motifs is 1. The van der Waals surface area contributed by atoms with Gasteiger partial charge >= 0.3 is 5.30 Å². The summed E-state index contributed by atoms with van der Waals surface area (Å²) in [5, 5.41) is 13.0. The molecule has 0 saturated heterocycles. The number of aliphatic hydroxyl groups excluding tert-OH is 1. The van der Waals surface area contributed by atoms with Gasteiger partial charge in [-0.15, -0.1) is 0 Å². The van der Waals surface area contributed by atoms with Crippen LogP contribution in [0.3, 0.4) is 0 Å². The second-order valence-corrected chi connectivity index (χ2v) is 8.49. The third-order valence-electron chi connectivity index (χ3n) is 5.09. The minimum atomic E-state index is -0.224. The van der Waals surface area contributed by atoms with Crippen molar-refractivity contribution in [2.24, 2.45) is 0 Å². The molecule has 0 radical (unpaired) electrons. The van der Waals surface area contributed by atoms with Gasteiger partial charge in [-0.1, -0.05) is 55.1 Å². The number of nitrogens with zero attached hydrogens (tertiary/aromatic N) is 1. The lowest BCUT2D eigenvalue weighted by Crippen LogP contribution is -2.79. The largest absolute Gasteiger partial charge is 0.458 e. The Morgan fingerprint density at radius 2 is 2.00 bits per heavy atom. The first-order chi connectivity index (χ1) is 16.0. The molecule has 2 aromatic carbocycles. The van der Waals surface area contributed by atoms with Gasteiger partial charge in [0.15, 0.2) is 0 Å². The highest BCUT2D eigenvalue weighted by Crippen LogP contribution is 2.31. The first-order valence-electron chi connectivity index (χ1n) is 11.2. The second-order valence-electron chi connectivity index (χ2n) is 7.46. The lowest BCUT2D eigenvalue weighted by molar-refractivity contribution is -0.589. The number of carbonyl (C=O) groups is 1. The smallest absolute Gasteiger partial charge is 0.367 e. The zero-order valence-electron chi connectivity index (χ0n) is 19.8. The average molecular weight is 468 g/mol. The number of aliphatic hydroxyl groups is 1. The maximum absolute atomic E-state index is 11.6. The highest BCUT2D eigenvalue weighted by Gasteiger charge is 2.10. The quantitative estimate of drug-likeness (QED) is 0.268. The van der Waals surface area contributed by atoms with Gasteiger partial charge in [-0.3, -0.25) is 0 Å². The Bertz CT molecular complexity index is 1030. The number of nitrogens with two attached hydrogens (primary N) is 1. The SMILES string of the molecule is C=C/C=C(\C=C/[NH2+]CCO)C(/C)=C/c1ccc(N(C)CCSC(=O)OCC)c2ccccc12. The Hall–Kier alpha value is -2.80.